The van der Waals surface area contributed by atoms with E-state index in [1.807, 2.05) is 66.7 Å². The van der Waals surface area contributed by atoms with Crippen molar-refractivity contribution in [2.45, 2.75) is 18.9 Å². The Morgan fingerprint density at radius 2 is 1.68 bits per heavy atom. The number of hydrogen-bond donors (Lipinski definition) is 2. The number of hydrogen-bond acceptors (Lipinski definition) is 5. The molecule has 8 heteroatoms. The fraction of sp³-hybridized carbons (Fsp3) is 0.207. The number of carbonyl (C=O) groups is 2. The highest BCUT2D eigenvalue weighted by atomic mass is 19.1. The molecule has 2 N–H and O–H groups in total. The molecule has 37 heavy (non-hydrogen) atoms. The average Bonchev–Trinajstić information content (AvgIpc) is 3.45. The van der Waals surface area contributed by atoms with Gasteiger partial charge in [-0.15, -0.1) is 0 Å². The van der Waals surface area contributed by atoms with Gasteiger partial charge < -0.3 is 19.8 Å². The van der Waals surface area contributed by atoms with Gasteiger partial charge in [0.2, 0.25) is 5.89 Å². The lowest BCUT2D eigenvalue weighted by atomic mass is 10.0. The summed E-state index contributed by atoms with van der Waals surface area (Å²) in [7, 11) is 1.51. The highest BCUT2D eigenvalue weighted by Gasteiger charge is 2.23. The predicted octanol–water partition coefficient (Wildman–Crippen LogP) is 5.35. The third kappa shape index (κ3) is 6.61. The molecule has 0 aliphatic carbocycles. The van der Waals surface area contributed by atoms with Crippen LogP contribution < -0.4 is 15.4 Å². The van der Waals surface area contributed by atoms with Gasteiger partial charge in [-0.2, -0.15) is 0 Å². The minimum Gasteiger partial charge on any atom is -0.496 e. The van der Waals surface area contributed by atoms with Gasteiger partial charge in [0.25, 0.3) is 11.8 Å². The largest absolute Gasteiger partial charge is 0.496 e. The lowest BCUT2D eigenvalue weighted by Crippen LogP contribution is -2.31. The van der Waals surface area contributed by atoms with Gasteiger partial charge in [-0.3, -0.25) is 9.59 Å². The molecule has 0 aliphatic rings. The fourth-order valence-electron chi connectivity index (χ4n) is 3.95. The van der Waals surface area contributed by atoms with Crippen LogP contribution in [-0.4, -0.2) is 37.1 Å². The van der Waals surface area contributed by atoms with Gasteiger partial charge in [0.1, 0.15) is 11.8 Å². The summed E-state index contributed by atoms with van der Waals surface area (Å²) >= 11 is 0. The van der Waals surface area contributed by atoms with Crippen LogP contribution in [-0.2, 0) is 4.79 Å². The number of carbonyl (C=O) groups excluding carboxylic acids is 2. The molecule has 3 aromatic carbocycles. The van der Waals surface area contributed by atoms with Crippen molar-refractivity contribution in [1.82, 2.24) is 15.6 Å². The van der Waals surface area contributed by atoms with Gasteiger partial charge >= 0.3 is 0 Å². The summed E-state index contributed by atoms with van der Waals surface area (Å²) in [6, 6.07) is 24.1. The summed E-state index contributed by atoms with van der Waals surface area (Å²) in [5.41, 5.74) is 3.08. The van der Waals surface area contributed by atoms with E-state index in [9.17, 15) is 14.0 Å². The molecule has 0 aliphatic heterocycles. The lowest BCUT2D eigenvalue weighted by Gasteiger charge is -2.18. The second-order valence-electron chi connectivity index (χ2n) is 8.36. The van der Waals surface area contributed by atoms with Gasteiger partial charge in [0.05, 0.1) is 18.9 Å². The van der Waals surface area contributed by atoms with E-state index in [0.717, 1.165) is 16.7 Å². The van der Waals surface area contributed by atoms with Crippen LogP contribution in [0.4, 0.5) is 4.39 Å². The van der Waals surface area contributed by atoms with Crippen LogP contribution in [0.1, 0.15) is 35.1 Å². The molecule has 0 radical (unpaired) electrons. The number of alkyl halides is 1. The molecule has 1 heterocycles. The molecule has 1 atom stereocenters. The number of aromatic nitrogens is 1. The molecular formula is C29H28FN3O4. The van der Waals surface area contributed by atoms with Gasteiger partial charge in [-0.1, -0.05) is 66.7 Å². The summed E-state index contributed by atoms with van der Waals surface area (Å²) < 4.78 is 24.0. The molecule has 1 aromatic heterocycles. The first kappa shape index (κ1) is 25.6. The van der Waals surface area contributed by atoms with E-state index >= 15 is 0 Å². The first-order valence-electron chi connectivity index (χ1n) is 12.0. The number of ether oxygens (including phenoxy) is 1. The summed E-state index contributed by atoms with van der Waals surface area (Å²) in [6.07, 6.45) is 2.50. The molecule has 0 saturated heterocycles. The van der Waals surface area contributed by atoms with Crippen LogP contribution >= 0.6 is 0 Å². The van der Waals surface area contributed by atoms with Gasteiger partial charge in [-0.25, -0.2) is 9.37 Å². The number of nitrogens with zero attached hydrogens (tertiary/aromatic N) is 1. The number of rotatable bonds is 11. The smallest absolute Gasteiger partial charge is 0.255 e. The first-order valence-corrected chi connectivity index (χ1v) is 12.0. The summed E-state index contributed by atoms with van der Waals surface area (Å²) in [5.74, 6) is 0.312. The third-order valence-corrected chi connectivity index (χ3v) is 5.85. The first-order chi connectivity index (χ1) is 18.1. The molecule has 0 spiro atoms. The zero-order chi connectivity index (χ0) is 26.0. The van der Waals surface area contributed by atoms with Crippen molar-refractivity contribution in [3.63, 3.8) is 0 Å². The Labute approximate surface area is 214 Å². The number of amides is 2. The maximum Gasteiger partial charge on any atom is 0.255 e. The van der Waals surface area contributed by atoms with Gasteiger partial charge in [0.15, 0.2) is 12.4 Å². The van der Waals surface area contributed by atoms with Gasteiger partial charge in [-0.05, 0) is 36.1 Å². The van der Waals surface area contributed by atoms with E-state index < -0.39 is 18.6 Å². The van der Waals surface area contributed by atoms with Crippen LogP contribution in [0.5, 0.6) is 5.75 Å². The molecular weight excluding hydrogens is 473 g/mol. The molecule has 7 nitrogen and oxygen atoms in total. The Morgan fingerprint density at radius 1 is 0.973 bits per heavy atom. The molecule has 4 aromatic rings. The Balaban J connectivity index is 1.58. The lowest BCUT2D eigenvalue weighted by molar-refractivity contribution is -0.121. The van der Waals surface area contributed by atoms with Crippen LogP contribution in [0.3, 0.4) is 0 Å². The molecule has 190 valence electrons. The normalized spacial score (nSPS) is 11.5. The van der Waals surface area contributed by atoms with Crippen LogP contribution in [0.15, 0.2) is 89.5 Å². The fourth-order valence-corrected chi connectivity index (χ4v) is 3.95. The Morgan fingerprint density at radius 3 is 2.35 bits per heavy atom. The van der Waals surface area contributed by atoms with Crippen LogP contribution in [0.2, 0.25) is 0 Å². The Bertz CT molecular complexity index is 1330. The number of benzene rings is 3. The van der Waals surface area contributed by atoms with E-state index in [-0.39, 0.29) is 12.5 Å². The molecule has 0 unspecified atom stereocenters. The molecule has 0 saturated carbocycles. The summed E-state index contributed by atoms with van der Waals surface area (Å²) in [4.78, 5) is 29.2. The quantitative estimate of drug-likeness (QED) is 0.270. The molecule has 0 fully saturated rings. The third-order valence-electron chi connectivity index (χ3n) is 5.85. The van der Waals surface area contributed by atoms with E-state index in [1.54, 1.807) is 18.3 Å². The second-order valence-corrected chi connectivity index (χ2v) is 8.36. The van der Waals surface area contributed by atoms with Crippen molar-refractivity contribution in [2.24, 2.45) is 0 Å². The van der Waals surface area contributed by atoms with Crippen molar-refractivity contribution < 1.29 is 23.1 Å². The Hall–Kier alpha value is -4.46. The van der Waals surface area contributed by atoms with Crippen molar-refractivity contribution in [3.05, 3.63) is 96.5 Å². The topological polar surface area (TPSA) is 93.5 Å². The Kier molecular flexibility index (Phi) is 8.65. The van der Waals surface area contributed by atoms with E-state index in [2.05, 4.69) is 15.6 Å². The zero-order valence-corrected chi connectivity index (χ0v) is 20.4. The van der Waals surface area contributed by atoms with Crippen LogP contribution in [0.25, 0.3) is 22.5 Å². The minimum atomic E-state index is -1.07. The van der Waals surface area contributed by atoms with E-state index in [0.29, 0.717) is 35.8 Å². The monoisotopic (exact) mass is 501 g/mol. The number of methoxy groups -OCH3 is 1. The molecule has 4 rings (SSSR count). The standard InChI is InChI=1S/C29H28FN3O4/c1-36-25-15-14-22(20-9-4-2-5-10-20)17-23(25)28(35)33-24(13-8-16-31-27(34)18-30)29-32-19-26(37-29)21-11-6-3-7-12-21/h2-7,9-12,14-15,17,19,24H,8,13,16,18H2,1H3,(H,31,34)(H,33,35)/t24-/m0/s1. The van der Waals surface area contributed by atoms with Crippen molar-refractivity contribution >= 4 is 11.8 Å². The SMILES string of the molecule is COc1ccc(-c2ccccc2)cc1C(=O)N[C@@H](CCCNC(=O)CF)c1ncc(-c2ccccc2)o1. The van der Waals surface area contributed by atoms with Crippen LogP contribution in [0, 0.1) is 0 Å². The molecule has 0 bridgehead atoms. The average molecular weight is 502 g/mol. The zero-order valence-electron chi connectivity index (χ0n) is 20.4. The van der Waals surface area contributed by atoms with Crippen molar-refractivity contribution in [2.75, 3.05) is 20.3 Å². The van der Waals surface area contributed by atoms with Crippen molar-refractivity contribution in [3.8, 4) is 28.2 Å². The van der Waals surface area contributed by atoms with E-state index in [1.165, 1.54) is 7.11 Å². The van der Waals surface area contributed by atoms with Crippen molar-refractivity contribution in [1.29, 1.82) is 0 Å². The second kappa shape index (κ2) is 12.5. The number of nitrogens with one attached hydrogen (secondary N) is 2. The number of halogens is 1. The maximum atomic E-state index is 13.5. The number of oxazole rings is 1. The summed E-state index contributed by atoms with van der Waals surface area (Å²) in [5, 5.41) is 5.51. The maximum absolute atomic E-state index is 13.5. The van der Waals surface area contributed by atoms with E-state index in [4.69, 9.17) is 9.15 Å². The highest BCUT2D eigenvalue weighted by molar-refractivity contribution is 5.98. The van der Waals surface area contributed by atoms with Gasteiger partial charge in [0, 0.05) is 12.1 Å². The summed E-state index contributed by atoms with van der Waals surface area (Å²) in [6.45, 7) is -0.813. The highest BCUT2D eigenvalue weighted by Crippen LogP contribution is 2.29. The molecule has 2 amide bonds. The minimum absolute atomic E-state index is 0.258. The predicted molar refractivity (Wildman–Crippen MR) is 139 cm³/mol.